The van der Waals surface area contributed by atoms with Crippen molar-refractivity contribution in [3.63, 3.8) is 0 Å². The van der Waals surface area contributed by atoms with Crippen molar-refractivity contribution in [2.45, 2.75) is 6.10 Å². The van der Waals surface area contributed by atoms with Crippen LogP contribution >= 0.6 is 11.3 Å². The summed E-state index contributed by atoms with van der Waals surface area (Å²) in [5.41, 5.74) is 3.08. The molecule has 0 bridgehead atoms. The number of carbonyl (C=O) groups excluding carboxylic acids is 1. The molecular weight excluding hydrogens is 386 g/mol. The van der Waals surface area contributed by atoms with E-state index in [0.29, 0.717) is 31.1 Å². The summed E-state index contributed by atoms with van der Waals surface area (Å²) in [4.78, 5) is 16.3. The molecule has 1 fully saturated rings. The molecule has 7 nitrogen and oxygen atoms in total. The summed E-state index contributed by atoms with van der Waals surface area (Å²) in [6.45, 7) is 1.41. The van der Waals surface area contributed by atoms with E-state index in [1.54, 1.807) is 23.3 Å². The van der Waals surface area contributed by atoms with Gasteiger partial charge in [-0.3, -0.25) is 4.79 Å². The lowest BCUT2D eigenvalue weighted by Crippen LogP contribution is -2.42. The maximum atomic E-state index is 13.1. The lowest BCUT2D eigenvalue weighted by Gasteiger charge is -2.31. The van der Waals surface area contributed by atoms with E-state index >= 15 is 0 Å². The van der Waals surface area contributed by atoms with Crippen molar-refractivity contribution in [3.8, 4) is 11.1 Å². The van der Waals surface area contributed by atoms with Gasteiger partial charge in [-0.25, -0.2) is 0 Å². The number of carbonyl (C=O) groups is 1. The molecule has 3 heterocycles. The van der Waals surface area contributed by atoms with Crippen LogP contribution in [0.15, 0.2) is 53.2 Å². The first kappa shape index (κ1) is 18.0. The van der Waals surface area contributed by atoms with Crippen LogP contribution in [0, 0.1) is 0 Å². The van der Waals surface area contributed by atoms with Gasteiger partial charge >= 0.3 is 0 Å². The number of rotatable bonds is 3. The molecule has 0 spiro atoms. The SMILES string of the molecule is Cn1nnc(C2CN(C(=O)c3ccc4cc(-c5ccsc5)ccc4c3)CCO2)n1. The number of benzene rings is 2. The monoisotopic (exact) mass is 405 g/mol. The van der Waals surface area contributed by atoms with Crippen LogP contribution in [0.3, 0.4) is 0 Å². The highest BCUT2D eigenvalue weighted by Crippen LogP contribution is 2.27. The van der Waals surface area contributed by atoms with Crippen molar-refractivity contribution in [1.29, 1.82) is 0 Å². The van der Waals surface area contributed by atoms with Gasteiger partial charge in [-0.15, -0.1) is 10.2 Å². The zero-order valence-corrected chi connectivity index (χ0v) is 16.7. The molecule has 0 saturated carbocycles. The summed E-state index contributed by atoms with van der Waals surface area (Å²) in [5.74, 6) is 0.496. The van der Waals surface area contributed by atoms with Crippen LogP contribution in [0.5, 0.6) is 0 Å². The van der Waals surface area contributed by atoms with Gasteiger partial charge in [-0.2, -0.15) is 16.1 Å². The Morgan fingerprint density at radius 3 is 2.79 bits per heavy atom. The molecule has 5 rings (SSSR count). The van der Waals surface area contributed by atoms with Gasteiger partial charge < -0.3 is 9.64 Å². The summed E-state index contributed by atoms with van der Waals surface area (Å²) in [6.07, 6.45) is -0.352. The van der Waals surface area contributed by atoms with Crippen LogP contribution in [-0.2, 0) is 11.8 Å². The van der Waals surface area contributed by atoms with Crippen molar-refractivity contribution in [2.75, 3.05) is 19.7 Å². The number of amides is 1. The van der Waals surface area contributed by atoms with Crippen molar-refractivity contribution in [1.82, 2.24) is 25.1 Å². The Kier molecular flexibility index (Phi) is 4.57. The molecule has 1 aliphatic heterocycles. The van der Waals surface area contributed by atoms with E-state index in [0.717, 1.165) is 10.8 Å². The van der Waals surface area contributed by atoms with E-state index in [4.69, 9.17) is 4.74 Å². The van der Waals surface area contributed by atoms with Gasteiger partial charge in [0.2, 0.25) is 5.82 Å². The standard InChI is InChI=1S/C21H19N5O2S/c1-25-23-20(22-24-25)19-12-26(7-8-28-19)21(27)17-5-4-14-10-16(3-2-15(14)11-17)18-6-9-29-13-18/h2-6,9-11,13,19H,7-8,12H2,1H3. The maximum Gasteiger partial charge on any atom is 0.254 e. The molecule has 1 saturated heterocycles. The van der Waals surface area contributed by atoms with Crippen molar-refractivity contribution >= 4 is 28.0 Å². The van der Waals surface area contributed by atoms with Crippen LogP contribution in [0.25, 0.3) is 21.9 Å². The fourth-order valence-electron chi connectivity index (χ4n) is 3.59. The molecule has 1 atom stereocenters. The molecule has 2 aromatic carbocycles. The predicted molar refractivity (Wildman–Crippen MR) is 111 cm³/mol. The van der Waals surface area contributed by atoms with Gasteiger partial charge in [-0.05, 0) is 62.1 Å². The minimum absolute atomic E-state index is 0.00833. The summed E-state index contributed by atoms with van der Waals surface area (Å²) in [6, 6.07) is 14.3. The van der Waals surface area contributed by atoms with Crippen molar-refractivity contribution in [3.05, 3.63) is 64.6 Å². The van der Waals surface area contributed by atoms with Gasteiger partial charge in [0.05, 0.1) is 20.2 Å². The van der Waals surface area contributed by atoms with E-state index in [2.05, 4.69) is 50.4 Å². The lowest BCUT2D eigenvalue weighted by molar-refractivity contribution is -0.0269. The largest absolute Gasteiger partial charge is 0.366 e. The molecule has 2 aromatic heterocycles. The molecule has 1 aliphatic rings. The van der Waals surface area contributed by atoms with Crippen LogP contribution in [0.1, 0.15) is 22.3 Å². The minimum Gasteiger partial charge on any atom is -0.366 e. The van der Waals surface area contributed by atoms with E-state index in [-0.39, 0.29) is 12.0 Å². The Bertz CT molecular complexity index is 1170. The number of hydrogen-bond acceptors (Lipinski definition) is 6. The fraction of sp³-hybridized carbons (Fsp3) is 0.238. The number of aromatic nitrogens is 4. The third-order valence-electron chi connectivity index (χ3n) is 5.11. The van der Waals surface area contributed by atoms with Crippen LogP contribution in [-0.4, -0.2) is 50.7 Å². The Balaban J connectivity index is 1.38. The van der Waals surface area contributed by atoms with Crippen LogP contribution < -0.4 is 0 Å². The van der Waals surface area contributed by atoms with E-state index in [9.17, 15) is 4.79 Å². The van der Waals surface area contributed by atoms with Crippen molar-refractivity contribution in [2.24, 2.45) is 7.05 Å². The molecule has 0 radical (unpaired) electrons. The Morgan fingerprint density at radius 2 is 2.00 bits per heavy atom. The lowest BCUT2D eigenvalue weighted by atomic mass is 10.0. The zero-order chi connectivity index (χ0) is 19.8. The van der Waals surface area contributed by atoms with Crippen LogP contribution in [0.2, 0.25) is 0 Å². The Morgan fingerprint density at radius 1 is 1.14 bits per heavy atom. The summed E-state index contributed by atoms with van der Waals surface area (Å²) >= 11 is 1.69. The molecule has 146 valence electrons. The molecule has 1 amide bonds. The molecule has 8 heteroatoms. The molecule has 29 heavy (non-hydrogen) atoms. The van der Waals surface area contributed by atoms with Crippen molar-refractivity contribution < 1.29 is 9.53 Å². The smallest absolute Gasteiger partial charge is 0.254 e. The average Bonchev–Trinajstić information content (AvgIpc) is 3.45. The van der Waals surface area contributed by atoms with Gasteiger partial charge in [0.1, 0.15) is 6.10 Å². The van der Waals surface area contributed by atoms with Gasteiger partial charge in [-0.1, -0.05) is 18.2 Å². The highest BCUT2D eigenvalue weighted by atomic mass is 32.1. The fourth-order valence-corrected chi connectivity index (χ4v) is 4.25. The number of tetrazole rings is 1. The second-order valence-electron chi connectivity index (χ2n) is 7.04. The first-order chi connectivity index (χ1) is 14.2. The number of hydrogen-bond donors (Lipinski definition) is 0. The van der Waals surface area contributed by atoms with E-state index in [1.807, 2.05) is 18.2 Å². The summed E-state index contributed by atoms with van der Waals surface area (Å²) in [7, 11) is 1.71. The second-order valence-corrected chi connectivity index (χ2v) is 7.82. The van der Waals surface area contributed by atoms with E-state index in [1.165, 1.54) is 15.9 Å². The van der Waals surface area contributed by atoms with Gasteiger partial charge in [0.25, 0.3) is 5.91 Å². The highest BCUT2D eigenvalue weighted by molar-refractivity contribution is 7.08. The normalized spacial score (nSPS) is 17.0. The quantitative estimate of drug-likeness (QED) is 0.523. The molecule has 0 aliphatic carbocycles. The van der Waals surface area contributed by atoms with Gasteiger partial charge in [0, 0.05) is 12.1 Å². The molecule has 4 aromatic rings. The zero-order valence-electron chi connectivity index (χ0n) is 15.9. The van der Waals surface area contributed by atoms with Crippen LogP contribution in [0.4, 0.5) is 0 Å². The second kappa shape index (κ2) is 7.38. The van der Waals surface area contributed by atoms with E-state index < -0.39 is 0 Å². The topological polar surface area (TPSA) is 73.1 Å². The number of thiophene rings is 1. The third-order valence-corrected chi connectivity index (χ3v) is 5.79. The third kappa shape index (κ3) is 3.52. The molecule has 0 N–H and O–H groups in total. The molecule has 1 unspecified atom stereocenters. The maximum absolute atomic E-state index is 13.1. The highest BCUT2D eigenvalue weighted by Gasteiger charge is 2.29. The number of ether oxygens (including phenoxy) is 1. The number of nitrogens with zero attached hydrogens (tertiary/aromatic N) is 5. The predicted octanol–water partition coefficient (Wildman–Crippen LogP) is 3.31. The summed E-state index contributed by atoms with van der Waals surface area (Å²) < 4.78 is 5.74. The number of morpholine rings is 1. The first-order valence-electron chi connectivity index (χ1n) is 9.38. The van der Waals surface area contributed by atoms with Gasteiger partial charge in [0.15, 0.2) is 0 Å². The minimum atomic E-state index is -0.352. The number of fused-ring (bicyclic) bond motifs is 1. The number of aryl methyl sites for hydroxylation is 1. The Hall–Kier alpha value is -3.10. The molecular formula is C21H19N5O2S. The average molecular weight is 405 g/mol. The Labute approximate surface area is 171 Å². The first-order valence-corrected chi connectivity index (χ1v) is 10.3. The summed E-state index contributed by atoms with van der Waals surface area (Å²) in [5, 5.41) is 18.5.